The van der Waals surface area contributed by atoms with Gasteiger partial charge in [0.15, 0.2) is 0 Å². The standard InChI is InChI=1S/C19H25NO/c1-16(15-20(2)3)19(21,18-12-8-5-9-13-18)14-17-10-6-4-7-11-17/h4-13,16,21H,14-15H2,1-3H3/p+1/t16-,19+/m1/s1. The molecular weight excluding hydrogens is 258 g/mol. The molecule has 0 fully saturated rings. The lowest BCUT2D eigenvalue weighted by Crippen LogP contribution is -3.06. The maximum Gasteiger partial charge on any atom is 0.102 e. The van der Waals surface area contributed by atoms with E-state index in [0.717, 1.165) is 12.1 Å². The lowest BCUT2D eigenvalue weighted by molar-refractivity contribution is -0.863. The smallest absolute Gasteiger partial charge is 0.102 e. The second kappa shape index (κ2) is 6.88. The Morgan fingerprint density at radius 3 is 2.00 bits per heavy atom. The average molecular weight is 284 g/mol. The second-order valence-electron chi connectivity index (χ2n) is 6.26. The Kier molecular flexibility index (Phi) is 5.16. The summed E-state index contributed by atoms with van der Waals surface area (Å²) in [5.74, 6) is 0.171. The van der Waals surface area contributed by atoms with Crippen LogP contribution in [0.1, 0.15) is 18.1 Å². The van der Waals surface area contributed by atoms with Gasteiger partial charge in [0.05, 0.1) is 20.6 Å². The minimum atomic E-state index is -0.833. The molecule has 2 atom stereocenters. The zero-order valence-electron chi connectivity index (χ0n) is 13.2. The van der Waals surface area contributed by atoms with Gasteiger partial charge in [0, 0.05) is 12.3 Å². The fraction of sp³-hybridized carbons (Fsp3) is 0.368. The fourth-order valence-corrected chi connectivity index (χ4v) is 2.98. The van der Waals surface area contributed by atoms with Gasteiger partial charge in [-0.25, -0.2) is 0 Å². The highest BCUT2D eigenvalue weighted by molar-refractivity contribution is 5.27. The third-order valence-corrected chi connectivity index (χ3v) is 4.12. The largest absolute Gasteiger partial charge is 0.384 e. The molecule has 2 aromatic rings. The molecule has 2 nitrogen and oxygen atoms in total. The number of hydrogen-bond donors (Lipinski definition) is 2. The van der Waals surface area contributed by atoms with E-state index in [1.54, 1.807) is 0 Å². The van der Waals surface area contributed by atoms with Gasteiger partial charge in [-0.05, 0) is 11.1 Å². The van der Waals surface area contributed by atoms with Gasteiger partial charge >= 0.3 is 0 Å². The van der Waals surface area contributed by atoms with Crippen LogP contribution < -0.4 is 4.90 Å². The van der Waals surface area contributed by atoms with Crippen molar-refractivity contribution in [3.63, 3.8) is 0 Å². The van der Waals surface area contributed by atoms with E-state index in [1.807, 2.05) is 48.5 Å². The van der Waals surface area contributed by atoms with E-state index in [2.05, 4.69) is 33.2 Å². The zero-order chi connectivity index (χ0) is 15.3. The third-order valence-electron chi connectivity index (χ3n) is 4.12. The Hall–Kier alpha value is -1.64. The molecule has 0 aliphatic carbocycles. The van der Waals surface area contributed by atoms with Crippen molar-refractivity contribution in [3.8, 4) is 0 Å². The molecule has 2 aromatic carbocycles. The first-order chi connectivity index (χ1) is 10.0. The summed E-state index contributed by atoms with van der Waals surface area (Å²) < 4.78 is 0. The Labute approximate surface area is 128 Å². The molecular formula is C19H26NO+. The van der Waals surface area contributed by atoms with Gasteiger partial charge in [0.2, 0.25) is 0 Å². The predicted molar refractivity (Wildman–Crippen MR) is 87.3 cm³/mol. The number of hydrogen-bond acceptors (Lipinski definition) is 1. The number of aliphatic hydroxyl groups is 1. The van der Waals surface area contributed by atoms with Crippen molar-refractivity contribution in [2.75, 3.05) is 20.6 Å². The van der Waals surface area contributed by atoms with Gasteiger partial charge in [-0.3, -0.25) is 0 Å². The second-order valence-corrected chi connectivity index (χ2v) is 6.26. The van der Waals surface area contributed by atoms with Crippen molar-refractivity contribution in [1.29, 1.82) is 0 Å². The highest BCUT2D eigenvalue weighted by Crippen LogP contribution is 2.32. The van der Waals surface area contributed by atoms with Crippen molar-refractivity contribution in [1.82, 2.24) is 0 Å². The zero-order valence-corrected chi connectivity index (χ0v) is 13.2. The Morgan fingerprint density at radius 1 is 0.952 bits per heavy atom. The first-order valence-corrected chi connectivity index (χ1v) is 7.63. The first-order valence-electron chi connectivity index (χ1n) is 7.63. The summed E-state index contributed by atoms with van der Waals surface area (Å²) in [6, 6.07) is 20.3. The topological polar surface area (TPSA) is 24.7 Å². The molecule has 0 aliphatic rings. The van der Waals surface area contributed by atoms with Crippen LogP contribution in [0.4, 0.5) is 0 Å². The van der Waals surface area contributed by atoms with Crippen LogP contribution in [0.15, 0.2) is 60.7 Å². The fourth-order valence-electron chi connectivity index (χ4n) is 2.98. The summed E-state index contributed by atoms with van der Waals surface area (Å²) in [5.41, 5.74) is 1.34. The quantitative estimate of drug-likeness (QED) is 0.832. The van der Waals surface area contributed by atoms with Crippen LogP contribution in [0.5, 0.6) is 0 Å². The average Bonchev–Trinajstić information content (AvgIpc) is 2.48. The number of nitrogens with one attached hydrogen (secondary N) is 1. The third kappa shape index (κ3) is 3.93. The SMILES string of the molecule is C[C@H](C[NH+](C)C)[C@@](O)(Cc1ccccc1)c1ccccc1. The molecule has 0 bridgehead atoms. The summed E-state index contributed by atoms with van der Waals surface area (Å²) in [6.45, 7) is 3.07. The summed E-state index contributed by atoms with van der Waals surface area (Å²) in [5, 5.41) is 11.4. The van der Waals surface area contributed by atoms with Gasteiger partial charge in [-0.15, -0.1) is 0 Å². The van der Waals surface area contributed by atoms with E-state index < -0.39 is 5.60 Å². The van der Waals surface area contributed by atoms with Gasteiger partial charge < -0.3 is 10.0 Å². The maximum atomic E-state index is 11.4. The molecule has 0 amide bonds. The van der Waals surface area contributed by atoms with E-state index in [0.29, 0.717) is 6.42 Å². The maximum absolute atomic E-state index is 11.4. The Bertz CT molecular complexity index is 538. The molecule has 0 aromatic heterocycles. The number of rotatable bonds is 6. The van der Waals surface area contributed by atoms with Crippen LogP contribution in [-0.2, 0) is 12.0 Å². The highest BCUT2D eigenvalue weighted by atomic mass is 16.3. The Morgan fingerprint density at radius 2 is 1.48 bits per heavy atom. The lowest BCUT2D eigenvalue weighted by atomic mass is 9.77. The van der Waals surface area contributed by atoms with Crippen molar-refractivity contribution in [2.24, 2.45) is 5.92 Å². The molecule has 21 heavy (non-hydrogen) atoms. The number of quaternary nitrogens is 1. The predicted octanol–water partition coefficient (Wildman–Crippen LogP) is 1.90. The normalized spacial score (nSPS) is 15.7. The van der Waals surface area contributed by atoms with Crippen LogP contribution in [0.2, 0.25) is 0 Å². The molecule has 2 N–H and O–H groups in total. The molecule has 0 unspecified atom stereocenters. The van der Waals surface area contributed by atoms with Gasteiger partial charge in [0.25, 0.3) is 0 Å². The van der Waals surface area contributed by atoms with Gasteiger partial charge in [-0.1, -0.05) is 67.6 Å². The van der Waals surface area contributed by atoms with E-state index >= 15 is 0 Å². The summed E-state index contributed by atoms with van der Waals surface area (Å²) in [6.07, 6.45) is 0.645. The van der Waals surface area contributed by atoms with Crippen LogP contribution in [0, 0.1) is 5.92 Å². The lowest BCUT2D eigenvalue weighted by Gasteiger charge is -2.35. The molecule has 0 radical (unpaired) electrons. The van der Waals surface area contributed by atoms with Crippen molar-refractivity contribution in [3.05, 3.63) is 71.8 Å². The van der Waals surface area contributed by atoms with Crippen molar-refractivity contribution < 1.29 is 10.0 Å². The van der Waals surface area contributed by atoms with E-state index in [9.17, 15) is 5.11 Å². The van der Waals surface area contributed by atoms with Crippen LogP contribution in [-0.4, -0.2) is 25.7 Å². The molecule has 0 heterocycles. The molecule has 2 rings (SSSR count). The minimum absolute atomic E-state index is 0.171. The molecule has 0 saturated carbocycles. The van der Waals surface area contributed by atoms with E-state index in [-0.39, 0.29) is 5.92 Å². The highest BCUT2D eigenvalue weighted by Gasteiger charge is 2.37. The Balaban J connectivity index is 2.34. The monoisotopic (exact) mass is 284 g/mol. The van der Waals surface area contributed by atoms with Crippen LogP contribution in [0.25, 0.3) is 0 Å². The molecule has 0 spiro atoms. The molecule has 112 valence electrons. The summed E-state index contributed by atoms with van der Waals surface area (Å²) >= 11 is 0. The number of benzene rings is 2. The van der Waals surface area contributed by atoms with Gasteiger partial charge in [0.1, 0.15) is 5.60 Å². The minimum Gasteiger partial charge on any atom is -0.384 e. The van der Waals surface area contributed by atoms with E-state index in [1.165, 1.54) is 10.5 Å². The molecule has 0 aliphatic heterocycles. The van der Waals surface area contributed by atoms with Crippen LogP contribution >= 0.6 is 0 Å². The molecule has 0 saturated heterocycles. The van der Waals surface area contributed by atoms with Gasteiger partial charge in [-0.2, -0.15) is 0 Å². The molecule has 2 heteroatoms. The summed E-state index contributed by atoms with van der Waals surface area (Å²) in [4.78, 5) is 1.35. The van der Waals surface area contributed by atoms with Crippen LogP contribution in [0.3, 0.4) is 0 Å². The van der Waals surface area contributed by atoms with E-state index in [4.69, 9.17) is 0 Å². The van der Waals surface area contributed by atoms with Crippen molar-refractivity contribution in [2.45, 2.75) is 18.9 Å². The first kappa shape index (κ1) is 15.7. The summed E-state index contributed by atoms with van der Waals surface area (Å²) in [7, 11) is 4.26. The van der Waals surface area contributed by atoms with Crippen molar-refractivity contribution >= 4 is 0 Å².